The van der Waals surface area contributed by atoms with E-state index >= 15 is 0 Å². The van der Waals surface area contributed by atoms with E-state index in [2.05, 4.69) is 11.0 Å². The van der Waals surface area contributed by atoms with Gasteiger partial charge in [-0.15, -0.1) is 0 Å². The zero-order chi connectivity index (χ0) is 12.1. The average molecular weight is 230 g/mol. The van der Waals surface area contributed by atoms with Gasteiger partial charge in [-0.25, -0.2) is 0 Å². The topological polar surface area (TPSA) is 47.3 Å². The highest BCUT2D eigenvalue weighted by Gasteiger charge is 2.24. The van der Waals surface area contributed by atoms with E-state index in [-0.39, 0.29) is 6.61 Å². The molecule has 1 saturated carbocycles. The number of aliphatic hydroxyl groups excluding tert-OH is 1. The molecule has 1 aliphatic rings. The van der Waals surface area contributed by atoms with Crippen LogP contribution >= 0.6 is 0 Å². The Labute approximate surface area is 102 Å². The van der Waals surface area contributed by atoms with Crippen molar-refractivity contribution in [1.82, 2.24) is 4.90 Å². The molecule has 0 atom stereocenters. The third kappa shape index (κ3) is 3.06. The first-order chi connectivity index (χ1) is 8.33. The Morgan fingerprint density at radius 1 is 1.29 bits per heavy atom. The first kappa shape index (κ1) is 12.1. The molecule has 0 spiro atoms. The van der Waals surface area contributed by atoms with Crippen LogP contribution in [-0.2, 0) is 6.54 Å². The lowest BCUT2D eigenvalue weighted by molar-refractivity contribution is 0.0945. The summed E-state index contributed by atoms with van der Waals surface area (Å²) in [4.78, 5) is 2.34. The number of nitriles is 1. The van der Waals surface area contributed by atoms with Crippen LogP contribution in [0.5, 0.6) is 0 Å². The lowest BCUT2D eigenvalue weighted by atomic mass is 9.91. The summed E-state index contributed by atoms with van der Waals surface area (Å²) < 4.78 is 0. The second kappa shape index (κ2) is 5.81. The minimum Gasteiger partial charge on any atom is -0.395 e. The summed E-state index contributed by atoms with van der Waals surface area (Å²) in [6.45, 7) is 1.83. The molecule has 1 fully saturated rings. The molecule has 0 bridgehead atoms. The van der Waals surface area contributed by atoms with Crippen molar-refractivity contribution in [2.45, 2.75) is 31.8 Å². The van der Waals surface area contributed by atoms with Crippen LogP contribution in [0.25, 0.3) is 0 Å². The van der Waals surface area contributed by atoms with Crippen LogP contribution in [0.3, 0.4) is 0 Å². The van der Waals surface area contributed by atoms with E-state index < -0.39 is 0 Å². The van der Waals surface area contributed by atoms with E-state index in [1.54, 1.807) is 0 Å². The Bertz CT molecular complexity index is 390. The van der Waals surface area contributed by atoms with Crippen molar-refractivity contribution in [3.05, 3.63) is 35.4 Å². The highest BCUT2D eigenvalue weighted by molar-refractivity contribution is 5.31. The molecule has 1 N–H and O–H groups in total. The predicted octanol–water partition coefficient (Wildman–Crippen LogP) is 1.91. The van der Waals surface area contributed by atoms with Crippen molar-refractivity contribution in [2.75, 3.05) is 13.2 Å². The van der Waals surface area contributed by atoms with Gasteiger partial charge >= 0.3 is 0 Å². The van der Waals surface area contributed by atoms with Crippen LogP contribution < -0.4 is 0 Å². The molecule has 0 radical (unpaired) electrons. The molecule has 0 aromatic heterocycles. The van der Waals surface area contributed by atoms with Crippen LogP contribution in [0.15, 0.2) is 24.3 Å². The van der Waals surface area contributed by atoms with Gasteiger partial charge in [-0.1, -0.05) is 18.6 Å². The molecular weight excluding hydrogens is 212 g/mol. The summed E-state index contributed by atoms with van der Waals surface area (Å²) in [5.74, 6) is 0. The molecule has 0 saturated heterocycles. The van der Waals surface area contributed by atoms with Crippen LogP contribution in [0.4, 0.5) is 0 Å². The van der Waals surface area contributed by atoms with E-state index in [0.29, 0.717) is 11.6 Å². The fourth-order valence-corrected chi connectivity index (χ4v) is 2.19. The first-order valence-corrected chi connectivity index (χ1v) is 6.17. The first-order valence-electron chi connectivity index (χ1n) is 6.17. The lowest BCUT2D eigenvalue weighted by Gasteiger charge is -2.37. The summed E-state index contributed by atoms with van der Waals surface area (Å²) >= 11 is 0. The SMILES string of the molecule is N#Cc1ccc(CN(CCO)C2CCC2)cc1. The van der Waals surface area contributed by atoms with Gasteiger partial charge in [-0.2, -0.15) is 5.26 Å². The largest absolute Gasteiger partial charge is 0.395 e. The molecule has 1 aromatic rings. The van der Waals surface area contributed by atoms with Gasteiger partial charge in [0.1, 0.15) is 0 Å². The summed E-state index contributed by atoms with van der Waals surface area (Å²) in [5, 5.41) is 17.8. The molecule has 0 aliphatic heterocycles. The molecule has 90 valence electrons. The average Bonchev–Trinajstić information content (AvgIpc) is 2.28. The molecular formula is C14H18N2O. The van der Waals surface area contributed by atoms with Crippen LogP contribution in [-0.4, -0.2) is 29.2 Å². The van der Waals surface area contributed by atoms with E-state index in [0.717, 1.165) is 13.1 Å². The summed E-state index contributed by atoms with van der Waals surface area (Å²) in [6.07, 6.45) is 3.80. The van der Waals surface area contributed by atoms with Crippen molar-refractivity contribution in [3.8, 4) is 6.07 Å². The number of rotatable bonds is 5. The van der Waals surface area contributed by atoms with Crippen LogP contribution in [0.1, 0.15) is 30.4 Å². The standard InChI is InChI=1S/C14H18N2O/c15-10-12-4-6-13(7-5-12)11-16(8-9-17)14-2-1-3-14/h4-7,14,17H,1-3,8-9,11H2. The van der Waals surface area contributed by atoms with Gasteiger partial charge in [-0.05, 0) is 30.5 Å². The summed E-state index contributed by atoms with van der Waals surface area (Å²) in [6, 6.07) is 10.5. The molecule has 3 heteroatoms. The molecule has 0 amide bonds. The molecule has 17 heavy (non-hydrogen) atoms. The van der Waals surface area contributed by atoms with Crippen molar-refractivity contribution in [2.24, 2.45) is 0 Å². The number of hydrogen-bond donors (Lipinski definition) is 1. The van der Waals surface area contributed by atoms with E-state index in [4.69, 9.17) is 10.4 Å². The lowest BCUT2D eigenvalue weighted by Crippen LogP contribution is -2.41. The Balaban J connectivity index is 1.98. The van der Waals surface area contributed by atoms with E-state index in [1.807, 2.05) is 24.3 Å². The van der Waals surface area contributed by atoms with Gasteiger partial charge in [0.25, 0.3) is 0 Å². The Kier molecular flexibility index (Phi) is 4.13. The van der Waals surface area contributed by atoms with Crippen molar-refractivity contribution in [3.63, 3.8) is 0 Å². The molecule has 1 aromatic carbocycles. The Hall–Kier alpha value is -1.37. The zero-order valence-electron chi connectivity index (χ0n) is 9.97. The summed E-state index contributed by atoms with van der Waals surface area (Å²) in [7, 11) is 0. The third-order valence-corrected chi connectivity index (χ3v) is 3.45. The molecule has 0 heterocycles. The van der Waals surface area contributed by atoms with Crippen molar-refractivity contribution >= 4 is 0 Å². The minimum absolute atomic E-state index is 0.215. The maximum Gasteiger partial charge on any atom is 0.0991 e. The smallest absolute Gasteiger partial charge is 0.0991 e. The number of aliphatic hydroxyl groups is 1. The van der Waals surface area contributed by atoms with Gasteiger partial charge in [0, 0.05) is 19.1 Å². The number of benzene rings is 1. The normalized spacial score (nSPS) is 15.6. The zero-order valence-corrected chi connectivity index (χ0v) is 9.97. The maximum absolute atomic E-state index is 9.08. The monoisotopic (exact) mass is 230 g/mol. The quantitative estimate of drug-likeness (QED) is 0.840. The summed E-state index contributed by atoms with van der Waals surface area (Å²) in [5.41, 5.74) is 1.91. The van der Waals surface area contributed by atoms with Crippen molar-refractivity contribution in [1.29, 1.82) is 5.26 Å². The number of nitrogens with zero attached hydrogens (tertiary/aromatic N) is 2. The Morgan fingerprint density at radius 3 is 2.47 bits per heavy atom. The third-order valence-electron chi connectivity index (χ3n) is 3.45. The van der Waals surface area contributed by atoms with Gasteiger partial charge in [0.15, 0.2) is 0 Å². The highest BCUT2D eigenvalue weighted by atomic mass is 16.3. The van der Waals surface area contributed by atoms with Gasteiger partial charge in [0.2, 0.25) is 0 Å². The van der Waals surface area contributed by atoms with Crippen LogP contribution in [0, 0.1) is 11.3 Å². The fourth-order valence-electron chi connectivity index (χ4n) is 2.19. The van der Waals surface area contributed by atoms with E-state index in [9.17, 15) is 0 Å². The highest BCUT2D eigenvalue weighted by Crippen LogP contribution is 2.25. The fraction of sp³-hybridized carbons (Fsp3) is 0.500. The van der Waals surface area contributed by atoms with Gasteiger partial charge in [-0.3, -0.25) is 4.90 Å². The number of hydrogen-bond acceptors (Lipinski definition) is 3. The van der Waals surface area contributed by atoms with Gasteiger partial charge in [0.05, 0.1) is 18.2 Å². The van der Waals surface area contributed by atoms with Crippen LogP contribution in [0.2, 0.25) is 0 Å². The molecule has 0 unspecified atom stereocenters. The predicted molar refractivity (Wildman–Crippen MR) is 66.3 cm³/mol. The van der Waals surface area contributed by atoms with E-state index in [1.165, 1.54) is 24.8 Å². The minimum atomic E-state index is 0.215. The Morgan fingerprint density at radius 2 is 2.00 bits per heavy atom. The van der Waals surface area contributed by atoms with Crippen molar-refractivity contribution < 1.29 is 5.11 Å². The maximum atomic E-state index is 9.08. The molecule has 1 aliphatic carbocycles. The second-order valence-corrected chi connectivity index (χ2v) is 4.59. The molecule has 3 nitrogen and oxygen atoms in total. The van der Waals surface area contributed by atoms with Gasteiger partial charge < -0.3 is 5.11 Å². The second-order valence-electron chi connectivity index (χ2n) is 4.59. The molecule has 2 rings (SSSR count).